The van der Waals surface area contributed by atoms with Gasteiger partial charge in [0.15, 0.2) is 5.78 Å². The molecule has 0 aliphatic carbocycles. The van der Waals surface area contributed by atoms with Crippen molar-refractivity contribution >= 4 is 29.1 Å². The number of ketones is 1. The molecular weight excluding hydrogens is 294 g/mol. The Morgan fingerprint density at radius 1 is 1.26 bits per heavy atom. The molecule has 3 heterocycles. The minimum atomic E-state index is -0.160. The molecule has 0 saturated carbocycles. The molecule has 3 rings (SSSR count). The smallest absolute Gasteiger partial charge is 0.230 e. The van der Waals surface area contributed by atoms with E-state index in [4.69, 9.17) is 5.73 Å². The molecule has 1 saturated heterocycles. The molecule has 0 atom stereocenters. The van der Waals surface area contributed by atoms with Crippen LogP contribution in [-0.4, -0.2) is 46.9 Å². The van der Waals surface area contributed by atoms with Crippen LogP contribution in [0.5, 0.6) is 0 Å². The molecular formula is C15H19N7O. The van der Waals surface area contributed by atoms with E-state index in [0.29, 0.717) is 17.3 Å². The molecule has 0 aromatic carbocycles. The van der Waals surface area contributed by atoms with Gasteiger partial charge in [-0.25, -0.2) is 9.97 Å². The monoisotopic (exact) mass is 313 g/mol. The zero-order valence-corrected chi connectivity index (χ0v) is 12.9. The second-order valence-corrected chi connectivity index (χ2v) is 5.31. The molecule has 2 aromatic heterocycles. The van der Waals surface area contributed by atoms with Crippen molar-refractivity contribution in [2.45, 2.75) is 6.92 Å². The third kappa shape index (κ3) is 3.54. The van der Waals surface area contributed by atoms with Crippen LogP contribution in [0, 0.1) is 0 Å². The third-order valence-corrected chi connectivity index (χ3v) is 3.67. The van der Waals surface area contributed by atoms with E-state index in [1.807, 2.05) is 18.3 Å². The Bertz CT molecular complexity index is 695. The molecule has 1 aliphatic rings. The number of nitrogens with zero attached hydrogens (tertiary/aromatic N) is 4. The number of Topliss-reactive ketones (excluding diaryl/α,β-unsaturated/α-hetero) is 1. The molecule has 0 unspecified atom stereocenters. The quantitative estimate of drug-likeness (QED) is 0.712. The Hall–Kier alpha value is -2.74. The molecule has 0 amide bonds. The fraction of sp³-hybridized carbons (Fsp3) is 0.333. The van der Waals surface area contributed by atoms with Crippen LogP contribution in [0.25, 0.3) is 0 Å². The summed E-state index contributed by atoms with van der Waals surface area (Å²) in [6.07, 6.45) is 3.24. The van der Waals surface area contributed by atoms with Crippen LogP contribution in [0.3, 0.4) is 0 Å². The standard InChI is InChI=1S/C15H19N7O/c1-10(23)12-9-19-15(21-14(12)16)20-13-3-2-11(8-18-13)22-6-4-17-5-7-22/h2-3,8-9,17H,4-7H2,1H3,(H3,16,18,19,20,21). The number of pyridine rings is 1. The Balaban J connectivity index is 1.70. The van der Waals surface area contributed by atoms with Gasteiger partial charge in [-0.05, 0) is 19.1 Å². The van der Waals surface area contributed by atoms with Crippen molar-refractivity contribution in [3.05, 3.63) is 30.1 Å². The normalized spacial score (nSPS) is 14.6. The number of nitrogens with one attached hydrogen (secondary N) is 2. The van der Waals surface area contributed by atoms with E-state index >= 15 is 0 Å². The SMILES string of the molecule is CC(=O)c1cnc(Nc2ccc(N3CCNCC3)cn2)nc1N. The molecule has 8 heteroatoms. The highest BCUT2D eigenvalue weighted by atomic mass is 16.1. The lowest BCUT2D eigenvalue weighted by Crippen LogP contribution is -2.43. The van der Waals surface area contributed by atoms with Gasteiger partial charge in [-0.3, -0.25) is 4.79 Å². The number of carbonyl (C=O) groups is 1. The molecule has 0 radical (unpaired) electrons. The number of anilines is 4. The van der Waals surface area contributed by atoms with Crippen molar-refractivity contribution in [1.29, 1.82) is 0 Å². The molecule has 1 aliphatic heterocycles. The zero-order chi connectivity index (χ0) is 16.2. The van der Waals surface area contributed by atoms with Gasteiger partial charge in [0, 0.05) is 32.4 Å². The van der Waals surface area contributed by atoms with Gasteiger partial charge in [-0.1, -0.05) is 0 Å². The first kappa shape index (κ1) is 15.2. The highest BCUT2D eigenvalue weighted by Gasteiger charge is 2.11. The summed E-state index contributed by atoms with van der Waals surface area (Å²) in [5, 5.41) is 6.30. The number of nitrogen functional groups attached to an aromatic ring is 1. The lowest BCUT2D eigenvalue weighted by Gasteiger charge is -2.29. The number of carbonyl (C=O) groups excluding carboxylic acids is 1. The molecule has 1 fully saturated rings. The summed E-state index contributed by atoms with van der Waals surface area (Å²) in [7, 11) is 0. The summed E-state index contributed by atoms with van der Waals surface area (Å²) < 4.78 is 0. The van der Waals surface area contributed by atoms with Gasteiger partial charge >= 0.3 is 0 Å². The van der Waals surface area contributed by atoms with Crippen molar-refractivity contribution in [2.24, 2.45) is 0 Å². The van der Waals surface area contributed by atoms with E-state index < -0.39 is 0 Å². The molecule has 8 nitrogen and oxygen atoms in total. The maximum Gasteiger partial charge on any atom is 0.230 e. The minimum absolute atomic E-state index is 0.160. The van der Waals surface area contributed by atoms with Crippen molar-refractivity contribution in [3.8, 4) is 0 Å². The van der Waals surface area contributed by atoms with Crippen molar-refractivity contribution in [3.63, 3.8) is 0 Å². The van der Waals surface area contributed by atoms with E-state index in [-0.39, 0.29) is 11.6 Å². The van der Waals surface area contributed by atoms with E-state index in [0.717, 1.165) is 31.9 Å². The summed E-state index contributed by atoms with van der Waals surface area (Å²) in [5.74, 6) is 0.939. The Kier molecular flexibility index (Phi) is 4.33. The van der Waals surface area contributed by atoms with Crippen LogP contribution >= 0.6 is 0 Å². The van der Waals surface area contributed by atoms with Crippen molar-refractivity contribution in [1.82, 2.24) is 20.3 Å². The molecule has 4 N–H and O–H groups in total. The first-order valence-corrected chi connectivity index (χ1v) is 7.45. The van der Waals surface area contributed by atoms with Gasteiger partial charge in [0.05, 0.1) is 17.4 Å². The summed E-state index contributed by atoms with van der Waals surface area (Å²) in [5.41, 5.74) is 7.16. The van der Waals surface area contributed by atoms with Gasteiger partial charge < -0.3 is 21.3 Å². The fourth-order valence-corrected chi connectivity index (χ4v) is 2.41. The highest BCUT2D eigenvalue weighted by Crippen LogP contribution is 2.18. The number of hydrogen-bond donors (Lipinski definition) is 3. The second-order valence-electron chi connectivity index (χ2n) is 5.31. The summed E-state index contributed by atoms with van der Waals surface area (Å²) >= 11 is 0. The van der Waals surface area contributed by atoms with Gasteiger partial charge in [0.2, 0.25) is 5.95 Å². The molecule has 120 valence electrons. The predicted octanol–water partition coefficient (Wildman–Crippen LogP) is 0.810. The summed E-state index contributed by atoms with van der Waals surface area (Å²) in [4.78, 5) is 26.1. The van der Waals surface area contributed by atoms with E-state index in [2.05, 4.69) is 30.5 Å². The van der Waals surface area contributed by atoms with E-state index in [1.54, 1.807) is 0 Å². The maximum absolute atomic E-state index is 11.3. The first-order valence-electron chi connectivity index (χ1n) is 7.45. The lowest BCUT2D eigenvalue weighted by atomic mass is 10.2. The van der Waals surface area contributed by atoms with Crippen LogP contribution in [0.1, 0.15) is 17.3 Å². The number of nitrogens with two attached hydrogens (primary N) is 1. The topological polar surface area (TPSA) is 109 Å². The number of rotatable bonds is 4. The lowest BCUT2D eigenvalue weighted by molar-refractivity contribution is 0.101. The highest BCUT2D eigenvalue weighted by molar-refractivity contribution is 5.98. The average molecular weight is 313 g/mol. The van der Waals surface area contributed by atoms with Crippen LogP contribution in [0.4, 0.5) is 23.3 Å². The number of piperazine rings is 1. The minimum Gasteiger partial charge on any atom is -0.383 e. The summed E-state index contributed by atoms with van der Waals surface area (Å²) in [6, 6.07) is 3.88. The van der Waals surface area contributed by atoms with Crippen LogP contribution < -0.4 is 21.3 Å². The third-order valence-electron chi connectivity index (χ3n) is 3.67. The van der Waals surface area contributed by atoms with Crippen LogP contribution in [0.15, 0.2) is 24.5 Å². The van der Waals surface area contributed by atoms with Gasteiger partial charge in [-0.2, -0.15) is 4.98 Å². The molecule has 2 aromatic rings. The maximum atomic E-state index is 11.3. The largest absolute Gasteiger partial charge is 0.383 e. The Labute approximate surface area is 134 Å². The number of hydrogen-bond acceptors (Lipinski definition) is 8. The molecule has 0 bridgehead atoms. The summed E-state index contributed by atoms with van der Waals surface area (Å²) in [6.45, 7) is 5.34. The first-order chi connectivity index (χ1) is 11.1. The van der Waals surface area contributed by atoms with E-state index in [9.17, 15) is 4.79 Å². The van der Waals surface area contributed by atoms with Gasteiger partial charge in [0.1, 0.15) is 11.6 Å². The zero-order valence-electron chi connectivity index (χ0n) is 12.9. The second kappa shape index (κ2) is 6.57. The van der Waals surface area contributed by atoms with Crippen molar-refractivity contribution in [2.75, 3.05) is 42.1 Å². The predicted molar refractivity (Wildman–Crippen MR) is 89.1 cm³/mol. The molecule has 23 heavy (non-hydrogen) atoms. The fourth-order valence-electron chi connectivity index (χ4n) is 2.41. The van der Waals surface area contributed by atoms with E-state index in [1.165, 1.54) is 13.1 Å². The van der Waals surface area contributed by atoms with Crippen LogP contribution in [0.2, 0.25) is 0 Å². The average Bonchev–Trinajstić information content (AvgIpc) is 2.56. The van der Waals surface area contributed by atoms with Gasteiger partial charge in [-0.15, -0.1) is 0 Å². The Morgan fingerprint density at radius 2 is 2.04 bits per heavy atom. The van der Waals surface area contributed by atoms with Gasteiger partial charge in [0.25, 0.3) is 0 Å². The van der Waals surface area contributed by atoms with Crippen molar-refractivity contribution < 1.29 is 4.79 Å². The Morgan fingerprint density at radius 3 is 2.65 bits per heavy atom. The number of aromatic nitrogens is 3. The molecule has 0 spiro atoms. The van der Waals surface area contributed by atoms with Crippen LogP contribution in [-0.2, 0) is 0 Å².